The van der Waals surface area contributed by atoms with Crippen LogP contribution >= 0.6 is 24.2 Å². The number of methoxy groups -OCH3 is 1. The average molecular weight is 492 g/mol. The molecule has 31 heavy (non-hydrogen) atoms. The number of halogens is 1. The zero-order valence-electron chi connectivity index (χ0n) is 17.3. The Morgan fingerprint density at radius 3 is 1.55 bits per heavy atom. The zero-order valence-corrected chi connectivity index (χ0v) is 20.0. The quantitative estimate of drug-likeness (QED) is 0.261. The molecule has 0 atom stereocenters. The van der Waals surface area contributed by atoms with Gasteiger partial charge in [0.1, 0.15) is 23.2 Å². The highest BCUT2D eigenvalue weighted by atomic mass is 79.9. The van der Waals surface area contributed by atoms with Crippen molar-refractivity contribution in [2.24, 2.45) is 0 Å². The van der Waals surface area contributed by atoms with Crippen LogP contribution in [0.2, 0.25) is 0 Å². The summed E-state index contributed by atoms with van der Waals surface area (Å²) in [7, 11) is -0.565. The van der Waals surface area contributed by atoms with Crippen LogP contribution in [0.1, 0.15) is 15.9 Å². The Kier molecular flexibility index (Phi) is 7.79. The monoisotopic (exact) mass is 491 g/mol. The van der Waals surface area contributed by atoms with Crippen LogP contribution in [0, 0.1) is 0 Å². The Hall–Kier alpha value is -2.74. The predicted molar refractivity (Wildman–Crippen MR) is 137 cm³/mol. The van der Waals surface area contributed by atoms with Gasteiger partial charge in [-0.3, -0.25) is 0 Å². The summed E-state index contributed by atoms with van der Waals surface area (Å²) in [5.74, 6) is -0.306. The molecule has 0 unspecified atom stereocenters. The van der Waals surface area contributed by atoms with Crippen molar-refractivity contribution < 1.29 is 9.53 Å². The molecule has 0 spiro atoms. The molecule has 0 aliphatic carbocycles. The van der Waals surface area contributed by atoms with Crippen molar-refractivity contribution in [2.45, 2.75) is 6.16 Å². The van der Waals surface area contributed by atoms with E-state index in [9.17, 15) is 4.79 Å². The first kappa shape index (κ1) is 22.9. The summed E-state index contributed by atoms with van der Waals surface area (Å²) in [5.41, 5.74) is 1.71. The second-order valence-corrected chi connectivity index (χ2v) is 10.7. The third-order valence-corrected chi connectivity index (χ3v) is 9.74. The van der Waals surface area contributed by atoms with Gasteiger partial charge in [-0.05, 0) is 54.1 Å². The first-order chi connectivity index (χ1) is 14.7. The minimum absolute atomic E-state index is 0. The molecule has 2 nitrogen and oxygen atoms in total. The van der Waals surface area contributed by atoms with Crippen molar-refractivity contribution in [1.29, 1.82) is 0 Å². The van der Waals surface area contributed by atoms with E-state index in [0.29, 0.717) is 5.56 Å². The van der Waals surface area contributed by atoms with E-state index in [2.05, 4.69) is 97.1 Å². The van der Waals surface area contributed by atoms with Gasteiger partial charge in [-0.1, -0.05) is 66.7 Å². The molecule has 0 amide bonds. The van der Waals surface area contributed by atoms with Crippen LogP contribution < -0.4 is 15.9 Å². The third kappa shape index (κ3) is 4.79. The molecule has 0 saturated carbocycles. The summed E-state index contributed by atoms with van der Waals surface area (Å²) >= 11 is 0. The van der Waals surface area contributed by atoms with E-state index in [1.165, 1.54) is 23.0 Å². The zero-order chi connectivity index (χ0) is 20.8. The van der Waals surface area contributed by atoms with Crippen molar-refractivity contribution in [3.63, 3.8) is 0 Å². The largest absolute Gasteiger partial charge is 0.465 e. The maximum Gasteiger partial charge on any atom is 0.337 e. The van der Waals surface area contributed by atoms with Crippen LogP contribution in [0.4, 0.5) is 0 Å². The van der Waals surface area contributed by atoms with E-state index in [0.717, 1.165) is 11.7 Å². The lowest BCUT2D eigenvalue weighted by Gasteiger charge is -2.28. The van der Waals surface area contributed by atoms with Crippen LogP contribution in [0.25, 0.3) is 0 Å². The molecule has 4 rings (SSSR count). The van der Waals surface area contributed by atoms with E-state index in [1.54, 1.807) is 0 Å². The Bertz CT molecular complexity index is 1020. The van der Waals surface area contributed by atoms with E-state index >= 15 is 0 Å². The molecule has 156 valence electrons. The Balaban J connectivity index is 0.00000272. The van der Waals surface area contributed by atoms with Crippen molar-refractivity contribution in [1.82, 2.24) is 0 Å². The highest BCUT2D eigenvalue weighted by Gasteiger charge is 2.45. The van der Waals surface area contributed by atoms with Crippen LogP contribution in [-0.2, 0) is 10.9 Å². The molecule has 0 fully saturated rings. The molecule has 0 aromatic heterocycles. The van der Waals surface area contributed by atoms with Gasteiger partial charge in [0.25, 0.3) is 0 Å². The smallest absolute Gasteiger partial charge is 0.337 e. The van der Waals surface area contributed by atoms with Gasteiger partial charge in [-0.25, -0.2) is 4.79 Å². The summed E-state index contributed by atoms with van der Waals surface area (Å²) in [6.07, 6.45) is 0.829. The number of carbonyl (C=O) groups is 1. The fraction of sp³-hybridized carbons (Fsp3) is 0.0741. The van der Waals surface area contributed by atoms with Crippen LogP contribution in [0.15, 0.2) is 115 Å². The number of hydrogen-bond acceptors (Lipinski definition) is 2. The third-order valence-electron chi connectivity index (χ3n) is 5.36. The molecule has 0 radical (unpaired) electrons. The van der Waals surface area contributed by atoms with Gasteiger partial charge < -0.3 is 4.74 Å². The standard InChI is InChI=1S/C27H24O2P.BrH/c1-29-27(28)23-13-11-12-22(20-23)21-30(24-14-5-2-6-15-24,25-16-7-3-8-17-25)26-18-9-4-10-19-26;/h2-20H,21H2,1H3;1H/q+1;. The van der Waals surface area contributed by atoms with Gasteiger partial charge in [-0.2, -0.15) is 0 Å². The molecule has 0 saturated heterocycles. The summed E-state index contributed by atoms with van der Waals surface area (Å²) in [5, 5.41) is 3.97. The maximum absolute atomic E-state index is 12.1. The number of benzene rings is 4. The molecular weight excluding hydrogens is 467 g/mol. The Labute approximate surface area is 195 Å². The topological polar surface area (TPSA) is 26.3 Å². The lowest BCUT2D eigenvalue weighted by atomic mass is 10.1. The van der Waals surface area contributed by atoms with E-state index < -0.39 is 7.26 Å². The second-order valence-electron chi connectivity index (χ2n) is 7.17. The van der Waals surface area contributed by atoms with E-state index in [-0.39, 0.29) is 23.0 Å². The summed E-state index contributed by atoms with van der Waals surface area (Å²) < 4.78 is 4.95. The first-order valence-corrected chi connectivity index (χ1v) is 11.9. The number of esters is 1. The molecule has 0 aliphatic rings. The lowest BCUT2D eigenvalue weighted by Crippen LogP contribution is -2.32. The molecule has 0 heterocycles. The first-order valence-electron chi connectivity index (χ1n) is 9.96. The van der Waals surface area contributed by atoms with Crippen molar-refractivity contribution in [2.75, 3.05) is 7.11 Å². The predicted octanol–water partition coefficient (Wildman–Crippen LogP) is 5.55. The van der Waals surface area contributed by atoms with Crippen LogP contribution in [0.3, 0.4) is 0 Å². The second kappa shape index (κ2) is 10.5. The highest BCUT2D eigenvalue weighted by Crippen LogP contribution is 2.58. The van der Waals surface area contributed by atoms with Gasteiger partial charge in [0, 0.05) is 0 Å². The Morgan fingerprint density at radius 2 is 1.13 bits per heavy atom. The maximum atomic E-state index is 12.1. The normalized spacial score (nSPS) is 10.7. The molecular formula is C27H25BrO2P+. The van der Waals surface area contributed by atoms with Gasteiger partial charge >= 0.3 is 5.97 Å². The van der Waals surface area contributed by atoms with Crippen LogP contribution in [-0.4, -0.2) is 13.1 Å². The van der Waals surface area contributed by atoms with Gasteiger partial charge in [0.15, 0.2) is 0 Å². The van der Waals surface area contributed by atoms with Crippen molar-refractivity contribution in [3.8, 4) is 0 Å². The minimum atomic E-state index is -1.99. The van der Waals surface area contributed by atoms with E-state index in [1.807, 2.05) is 18.2 Å². The molecule has 0 bridgehead atoms. The fourth-order valence-corrected chi connectivity index (χ4v) is 8.19. The van der Waals surface area contributed by atoms with Crippen molar-refractivity contribution in [3.05, 3.63) is 126 Å². The average Bonchev–Trinajstić information content (AvgIpc) is 2.84. The van der Waals surface area contributed by atoms with Gasteiger partial charge in [-0.15, -0.1) is 17.0 Å². The van der Waals surface area contributed by atoms with Crippen LogP contribution in [0.5, 0.6) is 0 Å². The Morgan fingerprint density at radius 1 is 0.677 bits per heavy atom. The lowest BCUT2D eigenvalue weighted by molar-refractivity contribution is 0.0600. The summed E-state index contributed by atoms with van der Waals surface area (Å²) in [4.78, 5) is 12.1. The number of rotatable bonds is 6. The number of hydrogen-bond donors (Lipinski definition) is 0. The molecule has 4 aromatic carbocycles. The fourth-order valence-electron chi connectivity index (χ4n) is 3.96. The number of ether oxygens (including phenoxy) is 1. The van der Waals surface area contributed by atoms with Gasteiger partial charge in [0.05, 0.1) is 18.8 Å². The molecule has 0 N–H and O–H groups in total. The van der Waals surface area contributed by atoms with E-state index in [4.69, 9.17) is 4.74 Å². The SMILES string of the molecule is Br.COC(=O)c1cccc(C[P+](c2ccccc2)(c2ccccc2)c2ccccc2)c1. The molecule has 0 aliphatic heterocycles. The van der Waals surface area contributed by atoms with Gasteiger partial charge in [0.2, 0.25) is 0 Å². The number of carbonyl (C=O) groups excluding carboxylic acids is 1. The summed E-state index contributed by atoms with van der Waals surface area (Å²) in [6, 6.07) is 40.1. The van der Waals surface area contributed by atoms with Crippen molar-refractivity contribution >= 4 is 46.1 Å². The highest BCUT2D eigenvalue weighted by molar-refractivity contribution is 8.93. The molecule has 4 aromatic rings. The molecule has 4 heteroatoms. The minimum Gasteiger partial charge on any atom is -0.465 e. The summed E-state index contributed by atoms with van der Waals surface area (Å²) in [6.45, 7) is 0.